The van der Waals surface area contributed by atoms with E-state index in [0.717, 1.165) is 0 Å². The minimum absolute atomic E-state index is 0.209. The van der Waals surface area contributed by atoms with E-state index in [1.807, 2.05) is 6.92 Å². The molecule has 1 aliphatic rings. The molecule has 1 fully saturated rings. The van der Waals surface area contributed by atoms with Crippen LogP contribution in [0.2, 0.25) is 0 Å². The van der Waals surface area contributed by atoms with E-state index in [-0.39, 0.29) is 23.7 Å². The molecule has 1 saturated heterocycles. The molecule has 9 heteroatoms. The molecule has 1 aliphatic heterocycles. The summed E-state index contributed by atoms with van der Waals surface area (Å²) in [6, 6.07) is 5.71. The molecule has 0 spiro atoms. The number of carbonyl (C=O) groups excluding carboxylic acids is 4. The summed E-state index contributed by atoms with van der Waals surface area (Å²) < 4.78 is 15.6. The van der Waals surface area contributed by atoms with E-state index in [1.54, 1.807) is 49.9 Å². The van der Waals surface area contributed by atoms with Crippen molar-refractivity contribution in [3.8, 4) is 5.75 Å². The Morgan fingerprint density at radius 2 is 1.64 bits per heavy atom. The molecule has 0 saturated carbocycles. The van der Waals surface area contributed by atoms with Crippen LogP contribution in [0.3, 0.4) is 0 Å². The zero-order valence-electron chi connectivity index (χ0n) is 19.8. The van der Waals surface area contributed by atoms with Crippen LogP contribution >= 0.6 is 0 Å². The lowest BCUT2D eigenvalue weighted by Crippen LogP contribution is -2.47. The van der Waals surface area contributed by atoms with Crippen LogP contribution in [0.5, 0.6) is 5.75 Å². The second-order valence-electron chi connectivity index (χ2n) is 8.17. The number of piperidine rings is 1. The van der Waals surface area contributed by atoms with Crippen molar-refractivity contribution in [3.05, 3.63) is 29.8 Å². The third-order valence-corrected chi connectivity index (χ3v) is 5.44. The first-order valence-corrected chi connectivity index (χ1v) is 11.4. The van der Waals surface area contributed by atoms with Crippen molar-refractivity contribution in [2.24, 2.45) is 11.8 Å². The first kappa shape index (κ1) is 26.2. The second-order valence-corrected chi connectivity index (χ2v) is 8.17. The number of carbonyl (C=O) groups is 4. The molecule has 0 bridgehead atoms. The summed E-state index contributed by atoms with van der Waals surface area (Å²) in [4.78, 5) is 51.0. The molecule has 1 N–H and O–H groups in total. The average Bonchev–Trinajstić information content (AvgIpc) is 2.81. The molecule has 1 atom stereocenters. The van der Waals surface area contributed by atoms with Gasteiger partial charge in [-0.2, -0.15) is 0 Å². The average molecular weight is 463 g/mol. The van der Waals surface area contributed by atoms with E-state index in [4.69, 9.17) is 14.2 Å². The maximum absolute atomic E-state index is 12.6. The number of hydrogen-bond donors (Lipinski definition) is 1. The van der Waals surface area contributed by atoms with Gasteiger partial charge in [-0.05, 0) is 56.9 Å². The van der Waals surface area contributed by atoms with Crippen LogP contribution in [0.1, 0.15) is 50.9 Å². The highest BCUT2D eigenvalue weighted by Gasteiger charge is 2.30. The molecule has 2 rings (SSSR count). The molecule has 1 unspecified atom stereocenters. The highest BCUT2D eigenvalue weighted by Crippen LogP contribution is 2.19. The summed E-state index contributed by atoms with van der Waals surface area (Å²) in [5.41, 5.74) is 0.387. The van der Waals surface area contributed by atoms with Crippen molar-refractivity contribution in [1.82, 2.24) is 10.2 Å². The van der Waals surface area contributed by atoms with Gasteiger partial charge in [-0.25, -0.2) is 4.79 Å². The molecule has 2 amide bonds. The molecule has 0 radical (unpaired) electrons. The lowest BCUT2D eigenvalue weighted by molar-refractivity contribution is -0.156. The number of amides is 2. The van der Waals surface area contributed by atoms with Crippen molar-refractivity contribution in [2.45, 2.75) is 46.6 Å². The standard InChI is InChI=1S/C24H34N2O7/c1-5-31-19-9-7-17(8-10-19)22(28)25-21(16(3)4)24(30)33-15-20(27)26-13-11-18(12-14-26)23(29)32-6-2/h7-10,16,18,21H,5-6,11-15H2,1-4H3,(H,25,28). The van der Waals surface area contributed by atoms with E-state index in [0.29, 0.717) is 50.5 Å². The summed E-state index contributed by atoms with van der Waals surface area (Å²) >= 11 is 0. The Morgan fingerprint density at radius 3 is 2.18 bits per heavy atom. The predicted molar refractivity (Wildman–Crippen MR) is 121 cm³/mol. The summed E-state index contributed by atoms with van der Waals surface area (Å²) in [6.45, 7) is 8.45. The number of benzene rings is 1. The number of likely N-dealkylation sites (tertiary alicyclic amines) is 1. The molecule has 0 aromatic heterocycles. The fourth-order valence-electron chi connectivity index (χ4n) is 3.53. The Bertz CT molecular complexity index is 815. The fourth-order valence-corrected chi connectivity index (χ4v) is 3.53. The number of rotatable bonds is 10. The van der Waals surface area contributed by atoms with E-state index < -0.39 is 24.5 Å². The number of ether oxygens (including phenoxy) is 3. The van der Waals surface area contributed by atoms with Gasteiger partial charge in [0.25, 0.3) is 11.8 Å². The molecule has 33 heavy (non-hydrogen) atoms. The van der Waals surface area contributed by atoms with E-state index in [1.165, 1.54) is 0 Å². The lowest BCUT2D eigenvalue weighted by atomic mass is 9.97. The van der Waals surface area contributed by atoms with Crippen molar-refractivity contribution < 1.29 is 33.4 Å². The third kappa shape index (κ3) is 7.76. The number of nitrogens with zero attached hydrogens (tertiary/aromatic N) is 1. The van der Waals surface area contributed by atoms with Gasteiger partial charge in [0.1, 0.15) is 11.8 Å². The minimum atomic E-state index is -0.897. The Morgan fingerprint density at radius 1 is 1.00 bits per heavy atom. The van der Waals surface area contributed by atoms with Gasteiger partial charge in [-0.1, -0.05) is 13.8 Å². The van der Waals surface area contributed by atoms with Crippen LogP contribution in [0.4, 0.5) is 0 Å². The Hall–Kier alpha value is -3.10. The zero-order valence-corrected chi connectivity index (χ0v) is 19.8. The van der Waals surface area contributed by atoms with Crippen molar-refractivity contribution in [1.29, 1.82) is 0 Å². The monoisotopic (exact) mass is 462 g/mol. The summed E-state index contributed by atoms with van der Waals surface area (Å²) in [7, 11) is 0. The first-order valence-electron chi connectivity index (χ1n) is 11.4. The van der Waals surface area contributed by atoms with Crippen LogP contribution < -0.4 is 10.1 Å². The number of hydrogen-bond acceptors (Lipinski definition) is 7. The first-order chi connectivity index (χ1) is 15.8. The largest absolute Gasteiger partial charge is 0.494 e. The van der Waals surface area contributed by atoms with Crippen LogP contribution in [0.25, 0.3) is 0 Å². The van der Waals surface area contributed by atoms with Gasteiger partial charge in [0.2, 0.25) is 0 Å². The zero-order chi connectivity index (χ0) is 24.4. The van der Waals surface area contributed by atoms with Gasteiger partial charge in [0.15, 0.2) is 6.61 Å². The topological polar surface area (TPSA) is 111 Å². The van der Waals surface area contributed by atoms with Gasteiger partial charge in [0.05, 0.1) is 19.1 Å². The SMILES string of the molecule is CCOC(=O)C1CCN(C(=O)COC(=O)C(NC(=O)c2ccc(OCC)cc2)C(C)C)CC1. The molecule has 1 aromatic rings. The molecule has 1 aromatic carbocycles. The lowest BCUT2D eigenvalue weighted by Gasteiger charge is -2.31. The summed E-state index contributed by atoms with van der Waals surface area (Å²) in [5, 5.41) is 2.69. The van der Waals surface area contributed by atoms with Crippen molar-refractivity contribution >= 4 is 23.8 Å². The molecule has 182 valence electrons. The van der Waals surface area contributed by atoms with Crippen LogP contribution in [-0.4, -0.2) is 67.6 Å². The highest BCUT2D eigenvalue weighted by molar-refractivity contribution is 5.97. The van der Waals surface area contributed by atoms with Gasteiger partial charge in [-0.15, -0.1) is 0 Å². The Labute approximate surface area is 194 Å². The van der Waals surface area contributed by atoms with Gasteiger partial charge < -0.3 is 24.4 Å². The Kier molecular flexibility index (Phi) is 10.2. The molecular formula is C24H34N2O7. The predicted octanol–water partition coefficient (Wildman–Crippen LogP) is 2.18. The van der Waals surface area contributed by atoms with Crippen molar-refractivity contribution in [2.75, 3.05) is 32.9 Å². The molecular weight excluding hydrogens is 428 g/mol. The highest BCUT2D eigenvalue weighted by atomic mass is 16.5. The maximum atomic E-state index is 12.6. The van der Waals surface area contributed by atoms with Gasteiger partial charge in [-0.3, -0.25) is 14.4 Å². The third-order valence-electron chi connectivity index (χ3n) is 5.44. The van der Waals surface area contributed by atoms with Crippen LogP contribution in [0, 0.1) is 11.8 Å². The fraction of sp³-hybridized carbons (Fsp3) is 0.583. The second kappa shape index (κ2) is 12.8. The minimum Gasteiger partial charge on any atom is -0.494 e. The van der Waals surface area contributed by atoms with E-state index in [9.17, 15) is 19.2 Å². The van der Waals surface area contributed by atoms with Crippen LogP contribution in [-0.2, 0) is 23.9 Å². The normalized spacial score (nSPS) is 15.0. The molecule has 9 nitrogen and oxygen atoms in total. The molecule has 0 aliphatic carbocycles. The Balaban J connectivity index is 1.85. The van der Waals surface area contributed by atoms with Crippen molar-refractivity contribution in [3.63, 3.8) is 0 Å². The molecule has 1 heterocycles. The maximum Gasteiger partial charge on any atom is 0.329 e. The van der Waals surface area contributed by atoms with E-state index in [2.05, 4.69) is 5.32 Å². The van der Waals surface area contributed by atoms with Crippen LogP contribution in [0.15, 0.2) is 24.3 Å². The summed E-state index contributed by atoms with van der Waals surface area (Å²) in [6.07, 6.45) is 1.04. The van der Waals surface area contributed by atoms with Gasteiger partial charge in [0, 0.05) is 18.7 Å². The quantitative estimate of drug-likeness (QED) is 0.531. The number of nitrogens with one attached hydrogen (secondary N) is 1. The number of esters is 2. The smallest absolute Gasteiger partial charge is 0.329 e. The van der Waals surface area contributed by atoms with E-state index >= 15 is 0 Å². The summed E-state index contributed by atoms with van der Waals surface area (Å²) in [5.74, 6) is -1.44. The van der Waals surface area contributed by atoms with Gasteiger partial charge >= 0.3 is 11.9 Å².